The Morgan fingerprint density at radius 3 is 2.43 bits per heavy atom. The number of imidazole rings is 1. The van der Waals surface area contributed by atoms with Crippen molar-refractivity contribution in [1.82, 2.24) is 19.2 Å². The van der Waals surface area contributed by atoms with Crippen molar-refractivity contribution in [3.8, 4) is 0 Å². The minimum absolute atomic E-state index is 0.0164. The number of rotatable bonds is 5. The van der Waals surface area contributed by atoms with Crippen LogP contribution in [0.5, 0.6) is 0 Å². The van der Waals surface area contributed by atoms with Crippen molar-refractivity contribution in [3.05, 3.63) is 83.8 Å². The average Bonchev–Trinajstić information content (AvgIpc) is 3.36. The fraction of sp³-hybridized carbons (Fsp3) is 0.273. The highest BCUT2D eigenvalue weighted by Crippen LogP contribution is 2.31. The summed E-state index contributed by atoms with van der Waals surface area (Å²) in [6, 6.07) is 16.7. The number of hydrogen-bond acceptors (Lipinski definition) is 4. The number of sulfonamides is 1. The summed E-state index contributed by atoms with van der Waals surface area (Å²) in [5, 5.41) is 3.09. The highest BCUT2D eigenvalue weighted by atomic mass is 32.2. The molecule has 2 aromatic carbocycles. The minimum Gasteiger partial charge on any atom is -0.347 e. The molecule has 1 aliphatic rings. The van der Waals surface area contributed by atoms with Crippen LogP contribution in [0.4, 0.5) is 0 Å². The van der Waals surface area contributed by atoms with Crippen molar-refractivity contribution in [2.24, 2.45) is 7.05 Å². The van der Waals surface area contributed by atoms with E-state index in [1.165, 1.54) is 16.8 Å². The summed E-state index contributed by atoms with van der Waals surface area (Å²) in [6.07, 6.45) is 2.96. The predicted molar refractivity (Wildman–Crippen MR) is 114 cm³/mol. The predicted octanol–water partition coefficient (Wildman–Crippen LogP) is 2.32. The second-order valence-corrected chi connectivity index (χ2v) is 9.50. The van der Waals surface area contributed by atoms with Crippen LogP contribution >= 0.6 is 0 Å². The average molecular weight is 425 g/mol. The highest BCUT2D eigenvalue weighted by molar-refractivity contribution is 7.89. The van der Waals surface area contributed by atoms with Gasteiger partial charge in [0, 0.05) is 37.8 Å². The third kappa shape index (κ3) is 3.88. The number of benzene rings is 2. The van der Waals surface area contributed by atoms with Gasteiger partial charge in [-0.2, -0.15) is 4.31 Å². The summed E-state index contributed by atoms with van der Waals surface area (Å²) < 4.78 is 29.3. The van der Waals surface area contributed by atoms with Crippen molar-refractivity contribution >= 4 is 15.9 Å². The van der Waals surface area contributed by atoms with Crippen LogP contribution in [0, 0.1) is 6.92 Å². The SMILES string of the molecule is Cc1ccccc1C(=O)N[C@@H]1CN(S(=O)(=O)c2cn(C)cn2)C[C@H]1c1ccccc1. The molecule has 1 aliphatic heterocycles. The third-order valence-electron chi connectivity index (χ3n) is 5.51. The molecule has 0 saturated carbocycles. The van der Waals surface area contributed by atoms with Crippen molar-refractivity contribution in [2.45, 2.75) is 23.9 Å². The Balaban J connectivity index is 1.63. The Kier molecular flexibility index (Phi) is 5.44. The van der Waals surface area contributed by atoms with Crippen LogP contribution in [0.25, 0.3) is 0 Å². The van der Waals surface area contributed by atoms with Gasteiger partial charge in [-0.15, -0.1) is 0 Å². The molecule has 1 saturated heterocycles. The molecular weight excluding hydrogens is 400 g/mol. The smallest absolute Gasteiger partial charge is 0.262 e. The maximum absolute atomic E-state index is 13.1. The van der Waals surface area contributed by atoms with Crippen LogP contribution in [0.1, 0.15) is 27.4 Å². The van der Waals surface area contributed by atoms with Gasteiger partial charge in [0.25, 0.3) is 15.9 Å². The quantitative estimate of drug-likeness (QED) is 0.681. The molecule has 30 heavy (non-hydrogen) atoms. The molecule has 1 aromatic heterocycles. The van der Waals surface area contributed by atoms with Crippen molar-refractivity contribution in [3.63, 3.8) is 0 Å². The molecular formula is C22H24N4O3S. The van der Waals surface area contributed by atoms with Crippen LogP contribution in [0.3, 0.4) is 0 Å². The molecule has 2 atom stereocenters. The summed E-state index contributed by atoms with van der Waals surface area (Å²) in [5.41, 5.74) is 2.46. The molecule has 8 heteroatoms. The largest absolute Gasteiger partial charge is 0.347 e. The lowest BCUT2D eigenvalue weighted by Gasteiger charge is -2.20. The summed E-state index contributed by atoms with van der Waals surface area (Å²) in [5.74, 6) is -0.353. The second kappa shape index (κ2) is 8.04. The third-order valence-corrected chi connectivity index (χ3v) is 7.22. The first-order chi connectivity index (χ1) is 14.4. The molecule has 1 fully saturated rings. The standard InChI is InChI=1S/C22H24N4O3S/c1-16-8-6-7-11-18(16)22(27)24-20-13-26(12-19(20)17-9-4-3-5-10-17)30(28,29)21-14-25(2)15-23-21/h3-11,14-15,19-20H,12-13H2,1-2H3,(H,24,27)/t19-,20+/m0/s1. The molecule has 156 valence electrons. The van der Waals surface area contributed by atoms with E-state index >= 15 is 0 Å². The highest BCUT2D eigenvalue weighted by Gasteiger charge is 2.41. The van der Waals surface area contributed by atoms with Crippen molar-refractivity contribution < 1.29 is 13.2 Å². The van der Waals surface area contributed by atoms with Gasteiger partial charge in [0.15, 0.2) is 5.03 Å². The zero-order valence-corrected chi connectivity index (χ0v) is 17.7. The number of nitrogens with zero attached hydrogens (tertiary/aromatic N) is 3. The van der Waals surface area contributed by atoms with E-state index in [-0.39, 0.29) is 36.0 Å². The molecule has 4 rings (SSSR count). The van der Waals surface area contributed by atoms with E-state index in [4.69, 9.17) is 0 Å². The molecule has 1 N–H and O–H groups in total. The number of amides is 1. The monoisotopic (exact) mass is 424 g/mol. The maximum Gasteiger partial charge on any atom is 0.262 e. The molecule has 0 radical (unpaired) electrons. The van der Waals surface area contributed by atoms with Gasteiger partial charge >= 0.3 is 0 Å². The summed E-state index contributed by atoms with van der Waals surface area (Å²) in [4.78, 5) is 17.0. The van der Waals surface area contributed by atoms with E-state index in [0.717, 1.165) is 11.1 Å². The Morgan fingerprint density at radius 2 is 1.77 bits per heavy atom. The molecule has 3 aromatic rings. The molecule has 0 spiro atoms. The molecule has 0 aliphatic carbocycles. The Bertz CT molecular complexity index is 1160. The van der Waals surface area contributed by atoms with Gasteiger partial charge < -0.3 is 9.88 Å². The fourth-order valence-electron chi connectivity index (χ4n) is 3.88. The lowest BCUT2D eigenvalue weighted by Crippen LogP contribution is -2.40. The fourth-order valence-corrected chi connectivity index (χ4v) is 5.33. The molecule has 1 amide bonds. The first-order valence-electron chi connectivity index (χ1n) is 9.76. The van der Waals surface area contributed by atoms with E-state index < -0.39 is 10.0 Å². The topological polar surface area (TPSA) is 84.3 Å². The first kappa shape index (κ1) is 20.3. The van der Waals surface area contributed by atoms with E-state index in [1.54, 1.807) is 17.7 Å². The molecule has 7 nitrogen and oxygen atoms in total. The van der Waals surface area contributed by atoms with Crippen LogP contribution in [-0.4, -0.2) is 47.3 Å². The lowest BCUT2D eigenvalue weighted by molar-refractivity contribution is 0.0935. The van der Waals surface area contributed by atoms with Crippen LogP contribution in [0.2, 0.25) is 0 Å². The van der Waals surface area contributed by atoms with Crippen LogP contribution in [-0.2, 0) is 17.1 Å². The summed E-state index contributed by atoms with van der Waals surface area (Å²) >= 11 is 0. The maximum atomic E-state index is 13.1. The van der Waals surface area contributed by atoms with E-state index in [0.29, 0.717) is 5.56 Å². The van der Waals surface area contributed by atoms with Crippen molar-refractivity contribution in [2.75, 3.05) is 13.1 Å². The Hall–Kier alpha value is -2.97. The van der Waals surface area contributed by atoms with Crippen LogP contribution < -0.4 is 5.32 Å². The summed E-state index contributed by atoms with van der Waals surface area (Å²) in [7, 11) is -2.02. The number of carbonyl (C=O) groups excluding carboxylic acids is 1. The van der Waals surface area contributed by atoms with Gasteiger partial charge in [0.2, 0.25) is 0 Å². The van der Waals surface area contributed by atoms with Gasteiger partial charge in [0.1, 0.15) is 0 Å². The van der Waals surface area contributed by atoms with Gasteiger partial charge in [-0.25, -0.2) is 13.4 Å². The molecule has 0 unspecified atom stereocenters. The van der Waals surface area contributed by atoms with Gasteiger partial charge in [-0.05, 0) is 24.1 Å². The zero-order chi connectivity index (χ0) is 21.3. The normalized spacial score (nSPS) is 19.7. The van der Waals surface area contributed by atoms with Gasteiger partial charge in [0.05, 0.1) is 12.4 Å². The number of hydrogen-bond donors (Lipinski definition) is 1. The first-order valence-corrected chi connectivity index (χ1v) is 11.2. The second-order valence-electron chi connectivity index (χ2n) is 7.61. The Labute approximate surface area is 176 Å². The minimum atomic E-state index is -3.75. The van der Waals surface area contributed by atoms with Gasteiger partial charge in [-0.1, -0.05) is 48.5 Å². The lowest BCUT2D eigenvalue weighted by atomic mass is 9.94. The zero-order valence-electron chi connectivity index (χ0n) is 16.9. The number of aromatic nitrogens is 2. The molecule has 2 heterocycles. The van der Waals surface area contributed by atoms with E-state index in [1.807, 2.05) is 55.5 Å². The number of aryl methyl sites for hydroxylation is 2. The van der Waals surface area contributed by atoms with Gasteiger partial charge in [-0.3, -0.25) is 4.79 Å². The van der Waals surface area contributed by atoms with Crippen molar-refractivity contribution in [1.29, 1.82) is 0 Å². The number of nitrogens with one attached hydrogen (secondary N) is 1. The van der Waals surface area contributed by atoms with E-state index in [9.17, 15) is 13.2 Å². The Morgan fingerprint density at radius 1 is 1.07 bits per heavy atom. The summed E-state index contributed by atoms with van der Waals surface area (Å²) in [6.45, 7) is 2.35. The van der Waals surface area contributed by atoms with Crippen LogP contribution in [0.15, 0.2) is 72.1 Å². The molecule has 0 bridgehead atoms. The number of carbonyl (C=O) groups is 1. The van der Waals surface area contributed by atoms with E-state index in [2.05, 4.69) is 10.3 Å².